The lowest BCUT2D eigenvalue weighted by Gasteiger charge is -2.17. The Morgan fingerprint density at radius 3 is 2.92 bits per heavy atom. The van der Waals surface area contributed by atoms with Crippen molar-refractivity contribution in [1.29, 1.82) is 0 Å². The molecule has 2 heterocycles. The summed E-state index contributed by atoms with van der Waals surface area (Å²) >= 11 is 0. The summed E-state index contributed by atoms with van der Waals surface area (Å²) in [6.45, 7) is 1.31. The third-order valence-corrected chi connectivity index (χ3v) is 3.05. The van der Waals surface area contributed by atoms with Crippen molar-refractivity contribution in [2.75, 3.05) is 19.6 Å². The first-order valence-electron chi connectivity index (χ1n) is 4.44. The number of halogens is 2. The molecule has 0 spiro atoms. The van der Waals surface area contributed by atoms with Crippen LogP contribution >= 0.6 is 0 Å². The molecule has 0 saturated carbocycles. The first kappa shape index (κ1) is 8.38. The maximum absolute atomic E-state index is 12.9. The molecular formula is C8H14F2N2. The molecular weight excluding hydrogens is 162 g/mol. The van der Waals surface area contributed by atoms with Crippen molar-refractivity contribution in [3.05, 3.63) is 0 Å². The summed E-state index contributed by atoms with van der Waals surface area (Å²) in [6, 6.07) is 0.0602. The number of nitrogens with two attached hydrogens (primary N) is 1. The van der Waals surface area contributed by atoms with Gasteiger partial charge < -0.3 is 5.73 Å². The summed E-state index contributed by atoms with van der Waals surface area (Å²) in [7, 11) is 0. The van der Waals surface area contributed by atoms with Gasteiger partial charge in [0.15, 0.2) is 0 Å². The Balaban J connectivity index is 2.06. The summed E-state index contributed by atoms with van der Waals surface area (Å²) in [4.78, 5) is 1.89. The van der Waals surface area contributed by atoms with Gasteiger partial charge in [-0.15, -0.1) is 0 Å². The van der Waals surface area contributed by atoms with Gasteiger partial charge in [-0.3, -0.25) is 4.90 Å². The van der Waals surface area contributed by atoms with Crippen LogP contribution in [0.4, 0.5) is 8.78 Å². The van der Waals surface area contributed by atoms with Gasteiger partial charge in [0.05, 0.1) is 6.54 Å². The highest BCUT2D eigenvalue weighted by Gasteiger charge is 2.49. The minimum absolute atomic E-state index is 0.0227. The van der Waals surface area contributed by atoms with Crippen LogP contribution in [-0.4, -0.2) is 36.5 Å². The predicted molar refractivity (Wildman–Crippen MR) is 42.1 cm³/mol. The van der Waals surface area contributed by atoms with Crippen molar-refractivity contribution in [3.63, 3.8) is 0 Å². The smallest absolute Gasteiger partial charge is 0.262 e. The van der Waals surface area contributed by atoms with E-state index in [1.807, 2.05) is 4.90 Å². The van der Waals surface area contributed by atoms with Gasteiger partial charge in [0.1, 0.15) is 0 Å². The molecule has 0 radical (unpaired) electrons. The Hall–Kier alpha value is -0.220. The molecule has 12 heavy (non-hydrogen) atoms. The first-order chi connectivity index (χ1) is 5.62. The molecule has 2 aliphatic heterocycles. The number of fused-ring (bicyclic) bond motifs is 1. The maximum Gasteiger partial charge on any atom is 0.262 e. The minimum atomic E-state index is -2.46. The van der Waals surface area contributed by atoms with Gasteiger partial charge in [-0.2, -0.15) is 0 Å². The summed E-state index contributed by atoms with van der Waals surface area (Å²) in [5.41, 5.74) is 5.51. The van der Waals surface area contributed by atoms with E-state index >= 15 is 0 Å². The van der Waals surface area contributed by atoms with E-state index < -0.39 is 5.92 Å². The predicted octanol–water partition coefficient (Wildman–Crippen LogP) is 0.675. The van der Waals surface area contributed by atoms with Crippen LogP contribution in [0.5, 0.6) is 0 Å². The van der Waals surface area contributed by atoms with Crippen LogP contribution in [0.25, 0.3) is 0 Å². The van der Waals surface area contributed by atoms with Crippen LogP contribution in [-0.2, 0) is 0 Å². The largest absolute Gasteiger partial charge is 0.330 e. The fourth-order valence-electron chi connectivity index (χ4n) is 2.42. The Labute approximate surface area is 70.7 Å². The lowest BCUT2D eigenvalue weighted by atomic mass is 9.98. The van der Waals surface area contributed by atoms with Gasteiger partial charge in [-0.1, -0.05) is 0 Å². The molecule has 2 atom stereocenters. The lowest BCUT2D eigenvalue weighted by molar-refractivity contribution is 0.0101. The normalized spacial score (nSPS) is 40.2. The first-order valence-corrected chi connectivity index (χ1v) is 4.44. The fourth-order valence-corrected chi connectivity index (χ4v) is 2.42. The van der Waals surface area contributed by atoms with E-state index in [-0.39, 0.29) is 19.0 Å². The minimum Gasteiger partial charge on any atom is -0.330 e. The molecule has 0 aromatic carbocycles. The highest BCUT2D eigenvalue weighted by Crippen LogP contribution is 2.39. The van der Waals surface area contributed by atoms with Crippen LogP contribution in [0.15, 0.2) is 0 Å². The maximum atomic E-state index is 12.9. The highest BCUT2D eigenvalue weighted by atomic mass is 19.3. The average Bonchev–Trinajstić information content (AvgIpc) is 2.42. The summed E-state index contributed by atoms with van der Waals surface area (Å²) in [5, 5.41) is 0. The van der Waals surface area contributed by atoms with E-state index in [4.69, 9.17) is 5.73 Å². The zero-order valence-electron chi connectivity index (χ0n) is 6.97. The standard InChI is InChI=1S/C8H14F2N2/c9-8(10)3-7-6(4-11)1-2-12(7)5-8/h6-7H,1-5,11H2/t6-,7?/m0/s1. The third kappa shape index (κ3) is 1.23. The van der Waals surface area contributed by atoms with Crippen LogP contribution < -0.4 is 5.73 Å². The van der Waals surface area contributed by atoms with Crippen molar-refractivity contribution < 1.29 is 8.78 Å². The summed E-state index contributed by atoms with van der Waals surface area (Å²) in [5.74, 6) is -2.16. The van der Waals surface area contributed by atoms with Gasteiger partial charge in [0.2, 0.25) is 0 Å². The molecule has 2 aliphatic rings. The van der Waals surface area contributed by atoms with Crippen LogP contribution in [0.2, 0.25) is 0 Å². The Kier molecular flexibility index (Phi) is 1.84. The third-order valence-electron chi connectivity index (χ3n) is 3.05. The van der Waals surface area contributed by atoms with Gasteiger partial charge in [-0.05, 0) is 25.4 Å². The van der Waals surface area contributed by atoms with Crippen molar-refractivity contribution in [3.8, 4) is 0 Å². The van der Waals surface area contributed by atoms with Gasteiger partial charge in [-0.25, -0.2) is 8.78 Å². The number of hydrogen-bond donors (Lipinski definition) is 1. The molecule has 4 heteroatoms. The van der Waals surface area contributed by atoms with Crippen molar-refractivity contribution in [2.24, 2.45) is 11.7 Å². The fraction of sp³-hybridized carbons (Fsp3) is 1.00. The molecule has 2 fully saturated rings. The Morgan fingerprint density at radius 1 is 1.50 bits per heavy atom. The zero-order chi connectivity index (χ0) is 8.77. The van der Waals surface area contributed by atoms with E-state index in [0.717, 1.165) is 13.0 Å². The molecule has 0 aliphatic carbocycles. The molecule has 0 aromatic rings. The number of alkyl halides is 2. The van der Waals surface area contributed by atoms with Crippen molar-refractivity contribution >= 4 is 0 Å². The monoisotopic (exact) mass is 176 g/mol. The van der Waals surface area contributed by atoms with Crippen LogP contribution in [0.3, 0.4) is 0 Å². The van der Waals surface area contributed by atoms with E-state index in [0.29, 0.717) is 12.5 Å². The SMILES string of the molecule is NC[C@@H]1CCN2CC(F)(F)CC12. The molecule has 2 N–H and O–H groups in total. The molecule has 1 unspecified atom stereocenters. The second-order valence-electron chi connectivity index (χ2n) is 3.88. The van der Waals surface area contributed by atoms with E-state index in [9.17, 15) is 8.78 Å². The van der Waals surface area contributed by atoms with Crippen LogP contribution in [0, 0.1) is 5.92 Å². The highest BCUT2D eigenvalue weighted by molar-refractivity contribution is 4.98. The Morgan fingerprint density at radius 2 is 2.25 bits per heavy atom. The molecule has 2 nitrogen and oxygen atoms in total. The van der Waals surface area contributed by atoms with E-state index in [1.54, 1.807) is 0 Å². The zero-order valence-corrected chi connectivity index (χ0v) is 6.97. The quantitative estimate of drug-likeness (QED) is 0.636. The molecule has 2 rings (SSSR count). The Bertz CT molecular complexity index is 184. The van der Waals surface area contributed by atoms with Crippen LogP contribution in [0.1, 0.15) is 12.8 Å². The van der Waals surface area contributed by atoms with E-state index in [2.05, 4.69) is 0 Å². The molecule has 2 saturated heterocycles. The number of hydrogen-bond acceptors (Lipinski definition) is 2. The molecule has 70 valence electrons. The molecule has 0 bridgehead atoms. The molecule has 0 amide bonds. The average molecular weight is 176 g/mol. The second kappa shape index (κ2) is 2.64. The lowest BCUT2D eigenvalue weighted by Crippen LogP contribution is -2.29. The van der Waals surface area contributed by atoms with E-state index in [1.165, 1.54) is 0 Å². The van der Waals surface area contributed by atoms with Gasteiger partial charge in [0.25, 0.3) is 5.92 Å². The summed E-state index contributed by atoms with van der Waals surface area (Å²) < 4.78 is 25.8. The van der Waals surface area contributed by atoms with Crippen molar-refractivity contribution in [1.82, 2.24) is 4.90 Å². The summed E-state index contributed by atoms with van der Waals surface area (Å²) in [6.07, 6.45) is 1.02. The van der Waals surface area contributed by atoms with Crippen molar-refractivity contribution in [2.45, 2.75) is 24.8 Å². The molecule has 0 aromatic heterocycles. The number of rotatable bonds is 1. The topological polar surface area (TPSA) is 29.3 Å². The van der Waals surface area contributed by atoms with Gasteiger partial charge in [0, 0.05) is 12.5 Å². The second-order valence-corrected chi connectivity index (χ2v) is 3.88. The number of nitrogens with zero attached hydrogens (tertiary/aromatic N) is 1. The van der Waals surface area contributed by atoms with Gasteiger partial charge >= 0.3 is 0 Å².